The summed E-state index contributed by atoms with van der Waals surface area (Å²) in [5, 5.41) is 9.00. The van der Waals surface area contributed by atoms with Gasteiger partial charge in [-0.05, 0) is 5.92 Å². The van der Waals surface area contributed by atoms with E-state index in [1.807, 2.05) is 13.8 Å². The van der Waals surface area contributed by atoms with Gasteiger partial charge in [-0.2, -0.15) is 0 Å². The minimum absolute atomic E-state index is 0.306. The van der Waals surface area contributed by atoms with Gasteiger partial charge < -0.3 is 10.8 Å². The number of nitrogens with two attached hydrogens (primary N) is 1. The first kappa shape index (κ1) is 7.92. The zero-order valence-corrected chi connectivity index (χ0v) is 5.59. The number of hydrogen-bond acceptors (Lipinski definition) is 2. The van der Waals surface area contributed by atoms with E-state index >= 15 is 0 Å². The Hall–Kier alpha value is -0.0800. The van der Waals surface area contributed by atoms with Crippen molar-refractivity contribution in [2.24, 2.45) is 11.7 Å². The van der Waals surface area contributed by atoms with E-state index in [0.717, 1.165) is 6.42 Å². The average molecular weight is 117 g/mol. The monoisotopic (exact) mass is 117 g/mol. The lowest BCUT2D eigenvalue weighted by molar-refractivity contribution is 0.122. The average Bonchev–Trinajstić information content (AvgIpc) is 1.84. The number of aliphatic hydroxyl groups is 1. The molecule has 0 spiro atoms. The predicted octanol–water partition coefficient (Wildman–Crippen LogP) is 0.352. The van der Waals surface area contributed by atoms with Gasteiger partial charge >= 0.3 is 0 Å². The summed E-state index contributed by atoms with van der Waals surface area (Å²) in [5.41, 5.74) is 5.20. The van der Waals surface area contributed by atoms with E-state index in [-0.39, 0.29) is 6.10 Å². The lowest BCUT2D eigenvalue weighted by atomic mass is 10.0. The van der Waals surface area contributed by atoms with Crippen LogP contribution in [0.3, 0.4) is 0 Å². The number of rotatable bonds is 3. The van der Waals surface area contributed by atoms with Crippen LogP contribution >= 0.6 is 0 Å². The van der Waals surface area contributed by atoms with Gasteiger partial charge in [0.25, 0.3) is 0 Å². The molecular weight excluding hydrogens is 102 g/mol. The summed E-state index contributed by atoms with van der Waals surface area (Å²) in [5.74, 6) is 0.347. The molecule has 0 fully saturated rings. The van der Waals surface area contributed by atoms with E-state index in [1.54, 1.807) is 0 Å². The van der Waals surface area contributed by atoms with E-state index in [1.165, 1.54) is 0 Å². The van der Waals surface area contributed by atoms with Gasteiger partial charge in [0.15, 0.2) is 0 Å². The van der Waals surface area contributed by atoms with Crippen LogP contribution < -0.4 is 5.73 Å². The molecule has 0 aromatic heterocycles. The van der Waals surface area contributed by atoms with Crippen LogP contribution in [-0.2, 0) is 0 Å². The zero-order valence-electron chi connectivity index (χ0n) is 5.59. The smallest absolute Gasteiger partial charge is 0.0687 e. The summed E-state index contributed by atoms with van der Waals surface area (Å²) in [6, 6.07) is 0. The van der Waals surface area contributed by atoms with E-state index in [4.69, 9.17) is 10.8 Å². The molecule has 2 atom stereocenters. The molecule has 2 nitrogen and oxygen atoms in total. The number of hydrogen-bond donors (Lipinski definition) is 2. The van der Waals surface area contributed by atoms with Crippen LogP contribution in [0, 0.1) is 5.92 Å². The largest absolute Gasteiger partial charge is 0.392 e. The van der Waals surface area contributed by atoms with Crippen LogP contribution in [0.25, 0.3) is 0 Å². The van der Waals surface area contributed by atoms with Crippen molar-refractivity contribution < 1.29 is 5.11 Å². The van der Waals surface area contributed by atoms with Gasteiger partial charge in [-0.15, -0.1) is 0 Å². The summed E-state index contributed by atoms with van der Waals surface area (Å²) in [6.45, 7) is 4.43. The Morgan fingerprint density at radius 1 is 1.62 bits per heavy atom. The molecule has 0 bridgehead atoms. The SMILES string of the molecule is CC[C@H](C)[C@@H](O)CN. The van der Waals surface area contributed by atoms with Crippen molar-refractivity contribution in [3.8, 4) is 0 Å². The summed E-state index contributed by atoms with van der Waals surface area (Å²) in [4.78, 5) is 0. The molecule has 0 saturated heterocycles. The molecule has 0 radical (unpaired) electrons. The van der Waals surface area contributed by atoms with Gasteiger partial charge in [0.2, 0.25) is 0 Å². The fourth-order valence-electron chi connectivity index (χ4n) is 0.504. The van der Waals surface area contributed by atoms with Crippen LogP contribution in [0.5, 0.6) is 0 Å². The highest BCUT2D eigenvalue weighted by atomic mass is 16.3. The van der Waals surface area contributed by atoms with Crippen molar-refractivity contribution in [2.45, 2.75) is 26.4 Å². The van der Waals surface area contributed by atoms with Gasteiger partial charge in [0.05, 0.1) is 6.10 Å². The van der Waals surface area contributed by atoms with Gasteiger partial charge in [-0.25, -0.2) is 0 Å². The Kier molecular flexibility index (Phi) is 3.83. The second-order valence-electron chi connectivity index (χ2n) is 2.19. The maximum atomic E-state index is 9.00. The van der Waals surface area contributed by atoms with Crippen LogP contribution in [0.4, 0.5) is 0 Å². The summed E-state index contributed by atoms with van der Waals surface area (Å²) in [7, 11) is 0. The first-order valence-corrected chi connectivity index (χ1v) is 3.10. The lowest BCUT2D eigenvalue weighted by Crippen LogP contribution is -2.26. The minimum Gasteiger partial charge on any atom is -0.392 e. The second kappa shape index (κ2) is 3.87. The second-order valence-corrected chi connectivity index (χ2v) is 2.19. The highest BCUT2D eigenvalue weighted by molar-refractivity contribution is 4.61. The maximum absolute atomic E-state index is 9.00. The topological polar surface area (TPSA) is 46.2 Å². The Labute approximate surface area is 50.7 Å². The third kappa shape index (κ3) is 2.28. The molecule has 0 aliphatic rings. The Bertz CT molecular complexity index is 48.5. The van der Waals surface area contributed by atoms with E-state index < -0.39 is 0 Å². The summed E-state index contributed by atoms with van der Waals surface area (Å²) >= 11 is 0. The maximum Gasteiger partial charge on any atom is 0.0687 e. The van der Waals surface area contributed by atoms with Gasteiger partial charge in [-0.1, -0.05) is 20.3 Å². The predicted molar refractivity (Wildman–Crippen MR) is 34.5 cm³/mol. The molecule has 2 heteroatoms. The summed E-state index contributed by atoms with van der Waals surface area (Å²) < 4.78 is 0. The molecule has 8 heavy (non-hydrogen) atoms. The molecule has 3 N–H and O–H groups in total. The normalized spacial score (nSPS) is 18.0. The van der Waals surface area contributed by atoms with Gasteiger partial charge in [0.1, 0.15) is 0 Å². The first-order valence-electron chi connectivity index (χ1n) is 3.10. The van der Waals surface area contributed by atoms with Gasteiger partial charge in [0, 0.05) is 6.54 Å². The minimum atomic E-state index is -0.306. The molecule has 0 heterocycles. The quantitative estimate of drug-likeness (QED) is 0.560. The highest BCUT2D eigenvalue weighted by Gasteiger charge is 2.07. The molecule has 0 aromatic rings. The fourth-order valence-corrected chi connectivity index (χ4v) is 0.504. The van der Waals surface area contributed by atoms with E-state index in [2.05, 4.69) is 0 Å². The van der Waals surface area contributed by atoms with Crippen LogP contribution in [0.2, 0.25) is 0 Å². The first-order chi connectivity index (χ1) is 3.72. The molecule has 0 aromatic carbocycles. The Morgan fingerprint density at radius 3 is 2.25 bits per heavy atom. The zero-order chi connectivity index (χ0) is 6.57. The lowest BCUT2D eigenvalue weighted by Gasteiger charge is -2.13. The van der Waals surface area contributed by atoms with Crippen molar-refractivity contribution in [1.29, 1.82) is 0 Å². The highest BCUT2D eigenvalue weighted by Crippen LogP contribution is 2.04. The fraction of sp³-hybridized carbons (Fsp3) is 1.00. The Morgan fingerprint density at radius 2 is 2.12 bits per heavy atom. The molecule has 0 aliphatic heterocycles. The van der Waals surface area contributed by atoms with Crippen molar-refractivity contribution in [3.05, 3.63) is 0 Å². The van der Waals surface area contributed by atoms with E-state index in [0.29, 0.717) is 12.5 Å². The van der Waals surface area contributed by atoms with Gasteiger partial charge in [-0.3, -0.25) is 0 Å². The van der Waals surface area contributed by atoms with Crippen LogP contribution in [0.15, 0.2) is 0 Å². The van der Waals surface area contributed by atoms with Crippen LogP contribution in [0.1, 0.15) is 20.3 Å². The molecule has 0 unspecified atom stereocenters. The molecular formula is C6H15NO. The van der Waals surface area contributed by atoms with Crippen molar-refractivity contribution in [2.75, 3.05) is 6.54 Å². The molecule has 0 amide bonds. The van der Waals surface area contributed by atoms with Crippen LogP contribution in [-0.4, -0.2) is 17.8 Å². The molecule has 0 aliphatic carbocycles. The number of aliphatic hydroxyl groups excluding tert-OH is 1. The van der Waals surface area contributed by atoms with Crippen molar-refractivity contribution in [3.63, 3.8) is 0 Å². The third-order valence-corrected chi connectivity index (χ3v) is 1.54. The van der Waals surface area contributed by atoms with Crippen molar-refractivity contribution >= 4 is 0 Å². The van der Waals surface area contributed by atoms with E-state index in [9.17, 15) is 0 Å². The molecule has 50 valence electrons. The molecule has 0 saturated carbocycles. The van der Waals surface area contributed by atoms with Crippen molar-refractivity contribution in [1.82, 2.24) is 0 Å². The Balaban J connectivity index is 3.29. The third-order valence-electron chi connectivity index (χ3n) is 1.54. The standard InChI is InChI=1S/C6H15NO/c1-3-5(2)6(8)4-7/h5-6,8H,3-4,7H2,1-2H3/t5-,6-/m0/s1. The molecule has 0 rings (SSSR count). The summed E-state index contributed by atoms with van der Waals surface area (Å²) in [6.07, 6.45) is 0.693.